The van der Waals surface area contributed by atoms with Crippen LogP contribution in [0.5, 0.6) is 0 Å². The zero-order valence-corrected chi connectivity index (χ0v) is 11.4. The van der Waals surface area contributed by atoms with Crippen LogP contribution < -0.4 is 5.73 Å². The molecule has 1 nitrogen and oxygen atoms in total. The molecule has 0 saturated heterocycles. The van der Waals surface area contributed by atoms with Crippen LogP contribution in [0.25, 0.3) is 11.1 Å². The highest BCUT2D eigenvalue weighted by Crippen LogP contribution is 2.29. The molecule has 0 aliphatic rings. The van der Waals surface area contributed by atoms with Gasteiger partial charge in [-0.15, -0.1) is 12.4 Å². The zero-order chi connectivity index (χ0) is 13.9. The maximum Gasteiger partial charge on any atom is 0.390 e. The van der Waals surface area contributed by atoms with E-state index in [4.69, 9.17) is 5.73 Å². The molecule has 2 aromatic rings. The first-order chi connectivity index (χ1) is 8.96. The van der Waals surface area contributed by atoms with Crippen molar-refractivity contribution in [1.82, 2.24) is 0 Å². The maximum atomic E-state index is 12.3. The fourth-order valence-corrected chi connectivity index (χ4v) is 1.95. The largest absolute Gasteiger partial charge is 0.390 e. The molecule has 0 radical (unpaired) electrons. The topological polar surface area (TPSA) is 26.0 Å². The molecule has 0 aromatic heterocycles. The van der Waals surface area contributed by atoms with Crippen LogP contribution in [0.3, 0.4) is 0 Å². The van der Waals surface area contributed by atoms with Gasteiger partial charge in [-0.2, -0.15) is 13.2 Å². The van der Waals surface area contributed by atoms with Gasteiger partial charge in [-0.25, -0.2) is 0 Å². The molecule has 0 aliphatic heterocycles. The molecule has 0 spiro atoms. The van der Waals surface area contributed by atoms with Crippen LogP contribution in [0, 0.1) is 0 Å². The predicted octanol–water partition coefficient (Wildman–Crippen LogP) is 4.73. The number of benzene rings is 2. The standard InChI is InChI=1S/C15H14F3N.ClH/c16-15(17,18)10-14(19)13-8-4-7-12(9-13)11-5-2-1-3-6-11;/h1-9,14H,10,19H2;1H/t14-;/m1./s1. The molecule has 0 saturated carbocycles. The molecule has 0 amide bonds. The zero-order valence-electron chi connectivity index (χ0n) is 10.6. The van der Waals surface area contributed by atoms with Gasteiger partial charge in [-0.3, -0.25) is 0 Å². The molecule has 0 aliphatic carbocycles. The number of nitrogens with two attached hydrogens (primary N) is 1. The normalized spacial score (nSPS) is 12.6. The van der Waals surface area contributed by atoms with Crippen LogP contribution in [0.2, 0.25) is 0 Å². The van der Waals surface area contributed by atoms with E-state index in [1.54, 1.807) is 18.2 Å². The summed E-state index contributed by atoms with van der Waals surface area (Å²) in [6.45, 7) is 0. The van der Waals surface area contributed by atoms with Gasteiger partial charge >= 0.3 is 6.18 Å². The Hall–Kier alpha value is -1.52. The lowest BCUT2D eigenvalue weighted by Gasteiger charge is -2.15. The maximum absolute atomic E-state index is 12.3. The van der Waals surface area contributed by atoms with Gasteiger partial charge in [-0.05, 0) is 22.8 Å². The second kappa shape index (κ2) is 6.77. The van der Waals surface area contributed by atoms with Crippen molar-refractivity contribution in [3.8, 4) is 11.1 Å². The summed E-state index contributed by atoms with van der Waals surface area (Å²) in [6, 6.07) is 15.4. The van der Waals surface area contributed by atoms with Crippen LogP contribution in [0.15, 0.2) is 54.6 Å². The lowest BCUT2D eigenvalue weighted by atomic mass is 9.98. The third kappa shape index (κ3) is 4.54. The number of hydrogen-bond acceptors (Lipinski definition) is 1. The van der Waals surface area contributed by atoms with Crippen LogP contribution in [-0.2, 0) is 0 Å². The molecule has 0 unspecified atom stereocenters. The molecular formula is C15H15ClF3N. The minimum absolute atomic E-state index is 0. The Morgan fingerprint density at radius 3 is 2.10 bits per heavy atom. The van der Waals surface area contributed by atoms with Gasteiger partial charge in [0, 0.05) is 6.04 Å². The van der Waals surface area contributed by atoms with Crippen molar-refractivity contribution in [3.63, 3.8) is 0 Å². The van der Waals surface area contributed by atoms with Crippen LogP contribution in [-0.4, -0.2) is 6.18 Å². The summed E-state index contributed by atoms with van der Waals surface area (Å²) >= 11 is 0. The number of rotatable bonds is 3. The SMILES string of the molecule is Cl.N[C@H](CC(F)(F)F)c1cccc(-c2ccccc2)c1. The van der Waals surface area contributed by atoms with Gasteiger partial charge in [0.25, 0.3) is 0 Å². The lowest BCUT2D eigenvalue weighted by Crippen LogP contribution is -2.20. The molecule has 0 bridgehead atoms. The van der Waals surface area contributed by atoms with Gasteiger partial charge in [0.05, 0.1) is 6.42 Å². The molecule has 1 atom stereocenters. The summed E-state index contributed by atoms with van der Waals surface area (Å²) in [7, 11) is 0. The third-order valence-corrected chi connectivity index (χ3v) is 2.87. The fourth-order valence-electron chi connectivity index (χ4n) is 1.95. The van der Waals surface area contributed by atoms with E-state index in [0.29, 0.717) is 5.56 Å². The van der Waals surface area contributed by atoms with Crippen LogP contribution in [0.4, 0.5) is 13.2 Å². The van der Waals surface area contributed by atoms with Crippen molar-refractivity contribution < 1.29 is 13.2 Å². The Labute approximate surface area is 122 Å². The molecule has 2 N–H and O–H groups in total. The summed E-state index contributed by atoms with van der Waals surface area (Å²) in [5.41, 5.74) is 7.94. The molecule has 0 fully saturated rings. The van der Waals surface area contributed by atoms with Gasteiger partial charge in [0.15, 0.2) is 0 Å². The first-order valence-electron chi connectivity index (χ1n) is 5.93. The van der Waals surface area contributed by atoms with Crippen LogP contribution in [0.1, 0.15) is 18.0 Å². The Bertz CT molecular complexity index is 540. The van der Waals surface area contributed by atoms with Crippen molar-refractivity contribution in [3.05, 3.63) is 60.2 Å². The Morgan fingerprint density at radius 1 is 0.900 bits per heavy atom. The molecule has 2 rings (SSSR count). The van der Waals surface area contributed by atoms with E-state index >= 15 is 0 Å². The van der Waals surface area contributed by atoms with E-state index in [2.05, 4.69) is 0 Å². The summed E-state index contributed by atoms with van der Waals surface area (Å²) in [4.78, 5) is 0. The van der Waals surface area contributed by atoms with Crippen molar-refractivity contribution >= 4 is 12.4 Å². The van der Waals surface area contributed by atoms with Crippen molar-refractivity contribution in [2.24, 2.45) is 5.73 Å². The predicted molar refractivity (Wildman–Crippen MR) is 76.7 cm³/mol. The van der Waals surface area contributed by atoms with Crippen molar-refractivity contribution in [2.45, 2.75) is 18.6 Å². The number of halogens is 4. The van der Waals surface area contributed by atoms with Gasteiger partial charge < -0.3 is 5.73 Å². The quantitative estimate of drug-likeness (QED) is 0.871. The average molecular weight is 302 g/mol. The smallest absolute Gasteiger partial charge is 0.324 e. The minimum atomic E-state index is -4.25. The highest BCUT2D eigenvalue weighted by atomic mass is 35.5. The van der Waals surface area contributed by atoms with E-state index in [1.165, 1.54) is 0 Å². The van der Waals surface area contributed by atoms with Gasteiger partial charge in [-0.1, -0.05) is 48.5 Å². The fraction of sp³-hybridized carbons (Fsp3) is 0.200. The highest BCUT2D eigenvalue weighted by molar-refractivity contribution is 5.85. The summed E-state index contributed by atoms with van der Waals surface area (Å²) in [5.74, 6) is 0. The first kappa shape index (κ1) is 16.5. The Balaban J connectivity index is 0.00000200. The van der Waals surface area contributed by atoms with Gasteiger partial charge in [0.1, 0.15) is 0 Å². The monoisotopic (exact) mass is 301 g/mol. The molecule has 0 heterocycles. The van der Waals surface area contributed by atoms with E-state index in [1.807, 2.05) is 36.4 Å². The average Bonchev–Trinajstić information content (AvgIpc) is 2.38. The van der Waals surface area contributed by atoms with Crippen molar-refractivity contribution in [1.29, 1.82) is 0 Å². The summed E-state index contributed by atoms with van der Waals surface area (Å²) in [6.07, 6.45) is -5.26. The molecule has 2 aromatic carbocycles. The Morgan fingerprint density at radius 2 is 1.50 bits per heavy atom. The minimum Gasteiger partial charge on any atom is -0.324 e. The highest BCUT2D eigenvalue weighted by Gasteiger charge is 2.30. The van der Waals surface area contributed by atoms with Crippen LogP contribution >= 0.6 is 12.4 Å². The molecule has 20 heavy (non-hydrogen) atoms. The van der Waals surface area contributed by atoms with Gasteiger partial charge in [0.2, 0.25) is 0 Å². The van der Waals surface area contributed by atoms with Crippen molar-refractivity contribution in [2.75, 3.05) is 0 Å². The second-order valence-electron chi connectivity index (χ2n) is 4.42. The molecule has 108 valence electrons. The first-order valence-corrected chi connectivity index (χ1v) is 5.93. The van der Waals surface area contributed by atoms with E-state index < -0.39 is 18.6 Å². The van der Waals surface area contributed by atoms with E-state index in [0.717, 1.165) is 11.1 Å². The Kier molecular flexibility index (Phi) is 5.60. The number of alkyl halides is 3. The summed E-state index contributed by atoms with van der Waals surface area (Å²) in [5, 5.41) is 0. The molecular weight excluding hydrogens is 287 g/mol. The summed E-state index contributed by atoms with van der Waals surface area (Å²) < 4.78 is 37.0. The third-order valence-electron chi connectivity index (χ3n) is 2.87. The van der Waals surface area contributed by atoms with E-state index in [-0.39, 0.29) is 12.4 Å². The molecule has 5 heteroatoms. The second-order valence-corrected chi connectivity index (χ2v) is 4.42. The number of hydrogen-bond donors (Lipinski definition) is 1. The van der Waals surface area contributed by atoms with E-state index in [9.17, 15) is 13.2 Å². The lowest BCUT2D eigenvalue weighted by molar-refractivity contribution is -0.138.